The lowest BCUT2D eigenvalue weighted by Crippen LogP contribution is -2.31. The molecule has 0 amide bonds. The molecule has 0 aromatic heterocycles. The standard InChI is InChI=1S/C45H56O5/c1-6-9-10-12-34-14-16-36(17-15-34)37-18-20-38(21-19-37)39-22-24-42(35(7-2)29-39)40-23-25-43(49-28-26-45(8-3,31-46)32-47)41(30-40)13-11-27-50-44(48)33(4)5/h14-25,29-30,46-47H,4,6-13,26-28,31-32H2,1-3,5H3. The van der Waals surface area contributed by atoms with E-state index < -0.39 is 5.41 Å². The molecule has 0 aliphatic heterocycles. The Morgan fingerprint density at radius 3 is 1.90 bits per heavy atom. The van der Waals surface area contributed by atoms with Crippen LogP contribution in [-0.4, -0.2) is 42.6 Å². The summed E-state index contributed by atoms with van der Waals surface area (Å²) in [5, 5.41) is 19.8. The summed E-state index contributed by atoms with van der Waals surface area (Å²) in [6.07, 6.45) is 8.32. The summed E-state index contributed by atoms with van der Waals surface area (Å²) in [5.41, 5.74) is 10.6. The highest BCUT2D eigenvalue weighted by atomic mass is 16.5. The van der Waals surface area contributed by atoms with E-state index in [1.165, 1.54) is 58.2 Å². The average Bonchev–Trinajstić information content (AvgIpc) is 3.15. The Labute approximate surface area is 300 Å². The highest BCUT2D eigenvalue weighted by Gasteiger charge is 2.26. The van der Waals surface area contributed by atoms with Gasteiger partial charge in [-0.25, -0.2) is 4.79 Å². The lowest BCUT2D eigenvalue weighted by atomic mass is 9.84. The highest BCUT2D eigenvalue weighted by molar-refractivity contribution is 5.86. The van der Waals surface area contributed by atoms with E-state index in [9.17, 15) is 15.0 Å². The molecule has 266 valence electrons. The smallest absolute Gasteiger partial charge is 0.333 e. The maximum absolute atomic E-state index is 11.9. The van der Waals surface area contributed by atoms with Gasteiger partial charge in [0.15, 0.2) is 0 Å². The van der Waals surface area contributed by atoms with Crippen LogP contribution in [0.4, 0.5) is 0 Å². The molecule has 2 N–H and O–H groups in total. The molecule has 0 aliphatic carbocycles. The van der Waals surface area contributed by atoms with Gasteiger partial charge in [0.2, 0.25) is 0 Å². The Hall–Kier alpha value is -4.19. The average molecular weight is 677 g/mol. The Morgan fingerprint density at radius 2 is 1.30 bits per heavy atom. The number of unbranched alkanes of at least 4 members (excludes halogenated alkanes) is 2. The normalized spacial score (nSPS) is 11.4. The first-order valence-electron chi connectivity index (χ1n) is 18.4. The Kier molecular flexibility index (Phi) is 14.9. The van der Waals surface area contributed by atoms with Gasteiger partial charge in [-0.2, -0.15) is 0 Å². The zero-order valence-corrected chi connectivity index (χ0v) is 30.6. The van der Waals surface area contributed by atoms with E-state index in [4.69, 9.17) is 9.47 Å². The SMILES string of the molecule is C=C(C)C(=O)OCCCc1cc(-c2ccc(-c3ccc(-c4ccc(CCCCC)cc4)cc3)cc2CC)ccc1OCCC(CC)(CO)CO. The quantitative estimate of drug-likeness (QED) is 0.0554. The van der Waals surface area contributed by atoms with Gasteiger partial charge >= 0.3 is 5.97 Å². The van der Waals surface area contributed by atoms with Crippen molar-refractivity contribution >= 4 is 5.97 Å². The molecule has 0 saturated carbocycles. The monoisotopic (exact) mass is 676 g/mol. The third-order valence-electron chi connectivity index (χ3n) is 9.91. The van der Waals surface area contributed by atoms with Gasteiger partial charge in [-0.15, -0.1) is 0 Å². The molecule has 0 heterocycles. The van der Waals surface area contributed by atoms with Gasteiger partial charge in [-0.1, -0.05) is 113 Å². The van der Waals surface area contributed by atoms with Crippen LogP contribution in [0.5, 0.6) is 5.75 Å². The van der Waals surface area contributed by atoms with Crippen molar-refractivity contribution in [3.05, 3.63) is 114 Å². The fourth-order valence-corrected chi connectivity index (χ4v) is 6.27. The second-order valence-electron chi connectivity index (χ2n) is 13.6. The van der Waals surface area contributed by atoms with Crippen LogP contribution in [0, 0.1) is 5.41 Å². The van der Waals surface area contributed by atoms with Gasteiger partial charge in [0.25, 0.3) is 0 Å². The Bertz CT molecular complexity index is 1660. The third-order valence-corrected chi connectivity index (χ3v) is 9.91. The van der Waals surface area contributed by atoms with Gasteiger partial charge in [0.05, 0.1) is 26.4 Å². The number of carbonyl (C=O) groups excluding carboxylic acids is 1. The second kappa shape index (κ2) is 19.3. The fourth-order valence-electron chi connectivity index (χ4n) is 6.27. The van der Waals surface area contributed by atoms with Crippen molar-refractivity contribution in [2.75, 3.05) is 26.4 Å². The molecule has 5 nitrogen and oxygen atoms in total. The summed E-state index contributed by atoms with van der Waals surface area (Å²) in [5.74, 6) is 0.384. The van der Waals surface area contributed by atoms with Crippen LogP contribution < -0.4 is 4.74 Å². The first-order valence-corrected chi connectivity index (χ1v) is 18.4. The second-order valence-corrected chi connectivity index (χ2v) is 13.6. The predicted octanol–water partition coefficient (Wildman–Crippen LogP) is 10.2. The van der Waals surface area contributed by atoms with E-state index in [1.807, 2.05) is 13.0 Å². The zero-order valence-electron chi connectivity index (χ0n) is 30.6. The van der Waals surface area contributed by atoms with Crippen molar-refractivity contribution in [3.8, 4) is 39.1 Å². The largest absolute Gasteiger partial charge is 0.493 e. The summed E-state index contributed by atoms with van der Waals surface area (Å²) in [6, 6.07) is 30.9. The molecule has 4 rings (SSSR count). The van der Waals surface area contributed by atoms with Crippen molar-refractivity contribution in [1.29, 1.82) is 0 Å². The molecule has 0 atom stereocenters. The first kappa shape index (κ1) is 38.6. The fraction of sp³-hybridized carbons (Fsp3) is 0.400. The van der Waals surface area contributed by atoms with E-state index in [1.54, 1.807) is 6.92 Å². The van der Waals surface area contributed by atoms with E-state index in [-0.39, 0.29) is 19.2 Å². The van der Waals surface area contributed by atoms with Crippen LogP contribution in [0.15, 0.2) is 97.1 Å². The topological polar surface area (TPSA) is 76.0 Å². The van der Waals surface area contributed by atoms with Crippen LogP contribution in [-0.2, 0) is 28.8 Å². The lowest BCUT2D eigenvalue weighted by molar-refractivity contribution is -0.139. The number of benzene rings is 4. The first-order chi connectivity index (χ1) is 24.3. The van der Waals surface area contributed by atoms with Gasteiger partial charge < -0.3 is 19.7 Å². The van der Waals surface area contributed by atoms with Crippen LogP contribution in [0.3, 0.4) is 0 Å². The maximum atomic E-state index is 11.9. The minimum Gasteiger partial charge on any atom is -0.493 e. The summed E-state index contributed by atoms with van der Waals surface area (Å²) >= 11 is 0. The molecule has 5 heteroatoms. The molecular formula is C45H56O5. The number of aliphatic hydroxyl groups excluding tert-OH is 2. The number of aryl methyl sites for hydroxylation is 3. The molecule has 0 fully saturated rings. The van der Waals surface area contributed by atoms with E-state index >= 15 is 0 Å². The summed E-state index contributed by atoms with van der Waals surface area (Å²) in [7, 11) is 0. The van der Waals surface area contributed by atoms with Crippen molar-refractivity contribution in [1.82, 2.24) is 0 Å². The van der Waals surface area contributed by atoms with E-state index in [0.717, 1.165) is 29.7 Å². The minimum atomic E-state index is -0.561. The molecule has 0 radical (unpaired) electrons. The number of hydrogen-bond acceptors (Lipinski definition) is 5. The van der Waals surface area contributed by atoms with Gasteiger partial charge in [0, 0.05) is 11.0 Å². The molecule has 4 aromatic rings. The van der Waals surface area contributed by atoms with Crippen LogP contribution in [0.1, 0.15) is 82.9 Å². The number of ether oxygens (including phenoxy) is 2. The van der Waals surface area contributed by atoms with Crippen LogP contribution >= 0.6 is 0 Å². The van der Waals surface area contributed by atoms with Gasteiger partial charge in [-0.3, -0.25) is 0 Å². The molecule has 50 heavy (non-hydrogen) atoms. The molecular weight excluding hydrogens is 620 g/mol. The predicted molar refractivity (Wildman–Crippen MR) is 206 cm³/mol. The molecule has 0 spiro atoms. The highest BCUT2D eigenvalue weighted by Crippen LogP contribution is 2.34. The van der Waals surface area contributed by atoms with Gasteiger partial charge in [0.1, 0.15) is 5.75 Å². The number of aliphatic hydroxyl groups is 2. The number of hydrogen-bond donors (Lipinski definition) is 2. The number of rotatable bonds is 20. The van der Waals surface area contributed by atoms with Crippen molar-refractivity contribution in [2.45, 2.75) is 85.5 Å². The lowest BCUT2D eigenvalue weighted by Gasteiger charge is -2.28. The van der Waals surface area contributed by atoms with Crippen LogP contribution in [0.25, 0.3) is 33.4 Å². The Balaban J connectivity index is 1.53. The molecule has 0 bridgehead atoms. The summed E-state index contributed by atoms with van der Waals surface area (Å²) in [4.78, 5) is 11.9. The van der Waals surface area contributed by atoms with Crippen molar-refractivity contribution in [3.63, 3.8) is 0 Å². The van der Waals surface area contributed by atoms with Crippen molar-refractivity contribution < 1.29 is 24.5 Å². The zero-order chi connectivity index (χ0) is 35.9. The molecule has 0 aliphatic rings. The Morgan fingerprint density at radius 1 is 0.700 bits per heavy atom. The summed E-state index contributed by atoms with van der Waals surface area (Å²) < 4.78 is 11.6. The van der Waals surface area contributed by atoms with Crippen molar-refractivity contribution in [2.24, 2.45) is 5.41 Å². The number of carbonyl (C=O) groups is 1. The molecule has 0 saturated heterocycles. The third kappa shape index (κ3) is 10.4. The van der Waals surface area contributed by atoms with E-state index in [0.29, 0.717) is 44.5 Å². The number of esters is 1. The maximum Gasteiger partial charge on any atom is 0.333 e. The van der Waals surface area contributed by atoms with Gasteiger partial charge in [-0.05, 0) is 114 Å². The molecule has 0 unspecified atom stereocenters. The van der Waals surface area contributed by atoms with E-state index in [2.05, 4.69) is 99.3 Å². The van der Waals surface area contributed by atoms with Crippen LogP contribution in [0.2, 0.25) is 0 Å². The molecule has 4 aromatic carbocycles. The summed E-state index contributed by atoms with van der Waals surface area (Å²) in [6.45, 7) is 12.2. The minimum absolute atomic E-state index is 0.0871.